The van der Waals surface area contributed by atoms with Gasteiger partial charge in [0.25, 0.3) is 0 Å². The minimum Gasteiger partial charge on any atom is -0.354 e. The molecule has 0 aliphatic rings. The van der Waals surface area contributed by atoms with Crippen LogP contribution in [0.1, 0.15) is 27.7 Å². The van der Waals surface area contributed by atoms with E-state index < -0.39 is 0 Å². The topological polar surface area (TPSA) is 36.4 Å². The lowest BCUT2D eigenvalue weighted by molar-refractivity contribution is 0.717. The number of guanidine groups is 1. The van der Waals surface area contributed by atoms with E-state index >= 15 is 0 Å². The van der Waals surface area contributed by atoms with Crippen molar-refractivity contribution < 1.29 is 0 Å². The molecule has 3 nitrogen and oxygen atoms in total. The van der Waals surface area contributed by atoms with Gasteiger partial charge in [0.15, 0.2) is 5.96 Å². The average molecular weight is 250 g/mol. The summed E-state index contributed by atoms with van der Waals surface area (Å²) in [6, 6.07) is 8.32. The van der Waals surface area contributed by atoms with Crippen LogP contribution in [-0.2, 0) is 0 Å². The van der Waals surface area contributed by atoms with Crippen molar-refractivity contribution >= 4 is 24.3 Å². The Balaban J connectivity index is 2.83. The maximum absolute atomic E-state index is 5.25. The summed E-state index contributed by atoms with van der Waals surface area (Å²) in [5.41, 5.74) is 0.912. The maximum atomic E-state index is 5.25. The van der Waals surface area contributed by atoms with Crippen molar-refractivity contribution in [2.45, 2.75) is 44.7 Å². The summed E-state index contributed by atoms with van der Waals surface area (Å²) < 4.78 is 0. The van der Waals surface area contributed by atoms with Gasteiger partial charge in [-0.05, 0) is 39.8 Å². The minimum atomic E-state index is 0.237. The molecule has 1 rings (SSSR count). The zero-order valence-corrected chi connectivity index (χ0v) is 11.6. The van der Waals surface area contributed by atoms with Crippen LogP contribution in [0.2, 0.25) is 0 Å². The molecule has 1 aromatic carbocycles. The normalized spacial score (nSPS) is 12.0. The van der Waals surface area contributed by atoms with Crippen LogP contribution in [0.3, 0.4) is 0 Å². The van der Waals surface area contributed by atoms with Gasteiger partial charge in [0.1, 0.15) is 0 Å². The Hall–Kier alpha value is -1.29. The second-order valence-corrected chi connectivity index (χ2v) is 4.93. The molecule has 0 spiro atoms. The molecule has 0 heterocycles. The number of nitrogens with one attached hydrogen (secondary N) is 2. The largest absolute Gasteiger partial charge is 0.354 e. The molecule has 2 N–H and O–H groups in total. The van der Waals surface area contributed by atoms with E-state index in [1.54, 1.807) is 0 Å². The third-order valence-corrected chi connectivity index (χ3v) is 2.31. The first kappa shape index (κ1) is 13.8. The number of hydrogen-bond acceptors (Lipinski definition) is 1. The summed E-state index contributed by atoms with van der Waals surface area (Å²) in [6.45, 7) is 8.25. The van der Waals surface area contributed by atoms with Gasteiger partial charge in [-0.2, -0.15) is 0 Å². The van der Waals surface area contributed by atoms with Gasteiger partial charge < -0.3 is 10.6 Å². The molecule has 0 aliphatic heterocycles. The van der Waals surface area contributed by atoms with E-state index in [1.165, 1.54) is 0 Å². The monoisotopic (exact) mass is 250 g/mol. The zero-order chi connectivity index (χ0) is 12.8. The third-order valence-electron chi connectivity index (χ3n) is 1.95. The molecule has 0 saturated carbocycles. The number of nitrogens with zero attached hydrogens (tertiary/aromatic N) is 1. The van der Waals surface area contributed by atoms with Crippen LogP contribution in [0.4, 0.5) is 5.69 Å². The van der Waals surface area contributed by atoms with Gasteiger partial charge in [-0.15, -0.1) is 0 Å². The minimum absolute atomic E-state index is 0.237. The highest BCUT2D eigenvalue weighted by Gasteiger charge is 2.05. The molecule has 1 radical (unpaired) electrons. The number of anilines is 1. The average Bonchev–Trinajstić information content (AvgIpc) is 2.19. The van der Waals surface area contributed by atoms with Gasteiger partial charge >= 0.3 is 0 Å². The summed E-state index contributed by atoms with van der Waals surface area (Å²) in [4.78, 5) is 5.30. The van der Waals surface area contributed by atoms with Crippen LogP contribution >= 0.6 is 12.6 Å². The molecule has 1 aromatic rings. The van der Waals surface area contributed by atoms with Crippen LogP contribution in [0.5, 0.6) is 0 Å². The quantitative estimate of drug-likeness (QED) is 0.637. The second-order valence-electron chi connectivity index (χ2n) is 4.49. The molecular formula is C13H20N3S. The molecule has 0 aromatic heterocycles. The fourth-order valence-corrected chi connectivity index (χ4v) is 1.53. The first-order valence-electron chi connectivity index (χ1n) is 5.86. The third kappa shape index (κ3) is 5.04. The van der Waals surface area contributed by atoms with Crippen LogP contribution in [0, 0.1) is 0 Å². The molecule has 17 heavy (non-hydrogen) atoms. The van der Waals surface area contributed by atoms with E-state index in [1.807, 2.05) is 38.1 Å². The summed E-state index contributed by atoms with van der Waals surface area (Å²) in [6.07, 6.45) is 0. The Morgan fingerprint density at radius 2 is 1.82 bits per heavy atom. The van der Waals surface area contributed by atoms with E-state index in [0.717, 1.165) is 16.5 Å². The van der Waals surface area contributed by atoms with Gasteiger partial charge in [-0.25, -0.2) is 0 Å². The fraction of sp³-hybridized carbons (Fsp3) is 0.462. The van der Waals surface area contributed by atoms with Crippen LogP contribution in [0.25, 0.3) is 0 Å². The highest BCUT2D eigenvalue weighted by atomic mass is 32.1. The van der Waals surface area contributed by atoms with Crippen molar-refractivity contribution in [1.29, 1.82) is 0 Å². The second kappa shape index (κ2) is 6.45. The fourth-order valence-electron chi connectivity index (χ4n) is 1.33. The number of hydrogen-bond donors (Lipinski definition) is 2. The predicted molar refractivity (Wildman–Crippen MR) is 76.8 cm³/mol. The van der Waals surface area contributed by atoms with Crippen LogP contribution < -0.4 is 10.6 Å². The van der Waals surface area contributed by atoms with E-state index in [9.17, 15) is 0 Å². The van der Waals surface area contributed by atoms with Crippen LogP contribution in [0.15, 0.2) is 34.2 Å². The summed E-state index contributed by atoms with van der Waals surface area (Å²) in [5.74, 6) is 0.771. The Bertz CT molecular complexity index is 386. The first-order chi connectivity index (χ1) is 7.99. The zero-order valence-electron chi connectivity index (χ0n) is 10.8. The van der Waals surface area contributed by atoms with Crippen molar-refractivity contribution in [3.63, 3.8) is 0 Å². The van der Waals surface area contributed by atoms with Crippen LogP contribution in [-0.4, -0.2) is 18.0 Å². The maximum Gasteiger partial charge on any atom is 0.196 e. The van der Waals surface area contributed by atoms with Crippen molar-refractivity contribution in [3.05, 3.63) is 24.3 Å². The van der Waals surface area contributed by atoms with Crippen molar-refractivity contribution in [1.82, 2.24) is 5.32 Å². The SMILES string of the molecule is CC(C)N=C(Nc1ccccc1[S])NC(C)C. The van der Waals surface area contributed by atoms with Gasteiger partial charge in [-0.1, -0.05) is 24.8 Å². The summed E-state index contributed by atoms with van der Waals surface area (Å²) in [7, 11) is 0. The number of aliphatic imine (C=N–C) groups is 1. The van der Waals surface area contributed by atoms with Gasteiger partial charge in [0.2, 0.25) is 0 Å². The first-order valence-corrected chi connectivity index (χ1v) is 6.27. The lowest BCUT2D eigenvalue weighted by Gasteiger charge is -2.16. The van der Waals surface area contributed by atoms with Crippen molar-refractivity contribution in [3.8, 4) is 0 Å². The molecule has 0 saturated heterocycles. The smallest absolute Gasteiger partial charge is 0.196 e. The highest BCUT2D eigenvalue weighted by Crippen LogP contribution is 2.18. The summed E-state index contributed by atoms with van der Waals surface area (Å²) >= 11 is 5.25. The molecule has 4 heteroatoms. The van der Waals surface area contributed by atoms with E-state index in [2.05, 4.69) is 29.5 Å². The highest BCUT2D eigenvalue weighted by molar-refractivity contribution is 7.80. The molecule has 0 unspecified atom stereocenters. The standard InChI is InChI=1S/C13H20N3S/c1-9(2)14-13(15-10(3)4)16-11-7-5-6-8-12(11)17/h5-10H,1-4H3,(H2,14,15,16). The van der Waals surface area contributed by atoms with E-state index in [4.69, 9.17) is 12.6 Å². The lowest BCUT2D eigenvalue weighted by Crippen LogP contribution is -2.36. The van der Waals surface area contributed by atoms with E-state index in [0.29, 0.717) is 6.04 Å². The molecule has 0 fully saturated rings. The molecule has 0 bridgehead atoms. The van der Waals surface area contributed by atoms with Gasteiger partial charge in [-0.3, -0.25) is 4.99 Å². The Morgan fingerprint density at radius 3 is 2.35 bits per heavy atom. The molecule has 0 amide bonds. The molecular weight excluding hydrogens is 230 g/mol. The Morgan fingerprint density at radius 1 is 1.18 bits per heavy atom. The van der Waals surface area contributed by atoms with Gasteiger partial charge in [0, 0.05) is 12.1 Å². The Kier molecular flexibility index (Phi) is 5.22. The van der Waals surface area contributed by atoms with Crippen molar-refractivity contribution in [2.75, 3.05) is 5.32 Å². The number of para-hydroxylation sites is 1. The van der Waals surface area contributed by atoms with E-state index in [-0.39, 0.29) is 6.04 Å². The lowest BCUT2D eigenvalue weighted by atomic mass is 10.3. The molecule has 0 aliphatic carbocycles. The Labute approximate surface area is 109 Å². The number of benzene rings is 1. The predicted octanol–water partition coefficient (Wildman–Crippen LogP) is 3.42. The van der Waals surface area contributed by atoms with Gasteiger partial charge in [0.05, 0.1) is 10.6 Å². The molecule has 0 atom stereocenters. The number of rotatable bonds is 3. The molecule has 93 valence electrons. The van der Waals surface area contributed by atoms with Crippen molar-refractivity contribution in [2.24, 2.45) is 4.99 Å². The summed E-state index contributed by atoms with van der Waals surface area (Å²) in [5, 5.41) is 6.52.